The molecule has 0 amide bonds. The first-order valence-electron chi connectivity index (χ1n) is 10.4. The van der Waals surface area contributed by atoms with Crippen molar-refractivity contribution >= 4 is 5.78 Å². The Kier molecular flexibility index (Phi) is 6.03. The molecule has 0 saturated carbocycles. The van der Waals surface area contributed by atoms with Gasteiger partial charge in [0.25, 0.3) is 0 Å². The number of rotatable bonds is 7. The van der Waals surface area contributed by atoms with E-state index in [1.54, 1.807) is 10.9 Å². The smallest absolute Gasteiger partial charge is 0.223 e. The first-order chi connectivity index (χ1) is 13.0. The predicted octanol–water partition coefficient (Wildman–Crippen LogP) is 5.37. The van der Waals surface area contributed by atoms with Crippen molar-refractivity contribution in [2.45, 2.75) is 79.2 Å². The van der Waals surface area contributed by atoms with Gasteiger partial charge in [-0.05, 0) is 80.7 Å². The van der Waals surface area contributed by atoms with Crippen molar-refractivity contribution in [2.24, 2.45) is 0 Å². The van der Waals surface area contributed by atoms with Gasteiger partial charge in [-0.2, -0.15) is 5.10 Å². The Balaban J connectivity index is 2.03. The van der Waals surface area contributed by atoms with Crippen LogP contribution in [0.5, 0.6) is 5.88 Å². The molecule has 1 heterocycles. The van der Waals surface area contributed by atoms with Gasteiger partial charge in [0.1, 0.15) is 5.56 Å². The minimum atomic E-state index is 0.0300. The lowest BCUT2D eigenvalue weighted by Crippen LogP contribution is -2.16. The average molecular weight is 369 g/mol. The highest BCUT2D eigenvalue weighted by Crippen LogP contribution is 2.38. The van der Waals surface area contributed by atoms with Crippen LogP contribution in [0.15, 0.2) is 12.3 Å². The highest BCUT2D eigenvalue weighted by Gasteiger charge is 2.27. The fourth-order valence-corrected chi connectivity index (χ4v) is 4.33. The summed E-state index contributed by atoms with van der Waals surface area (Å²) in [5.41, 5.74) is 6.60. The van der Waals surface area contributed by atoms with Gasteiger partial charge < -0.3 is 4.74 Å². The number of hydrogen-bond donors (Lipinski definition) is 0. The van der Waals surface area contributed by atoms with E-state index in [9.17, 15) is 4.79 Å². The summed E-state index contributed by atoms with van der Waals surface area (Å²) in [5.74, 6) is 1.15. The molecule has 146 valence electrons. The number of ether oxygens (including phenoxy) is 1. The third kappa shape index (κ3) is 3.67. The number of ketones is 1. The molecule has 2 aromatic rings. The quantitative estimate of drug-likeness (QED) is 0.487. The number of hydrogen-bond acceptors (Lipinski definition) is 3. The third-order valence-electron chi connectivity index (χ3n) is 5.84. The van der Waals surface area contributed by atoms with E-state index in [4.69, 9.17) is 4.74 Å². The van der Waals surface area contributed by atoms with Crippen LogP contribution in [0.2, 0.25) is 0 Å². The van der Waals surface area contributed by atoms with E-state index in [2.05, 4.69) is 38.9 Å². The highest BCUT2D eigenvalue weighted by molar-refractivity contribution is 6.11. The van der Waals surface area contributed by atoms with Crippen molar-refractivity contribution in [3.05, 3.63) is 45.6 Å². The van der Waals surface area contributed by atoms with Gasteiger partial charge in [0.2, 0.25) is 5.88 Å². The first kappa shape index (κ1) is 19.7. The summed E-state index contributed by atoms with van der Waals surface area (Å²) >= 11 is 0. The molecule has 0 saturated heterocycles. The summed E-state index contributed by atoms with van der Waals surface area (Å²) in [7, 11) is 0. The molecule has 0 aliphatic heterocycles. The number of benzene rings is 1. The second-order valence-electron chi connectivity index (χ2n) is 7.76. The molecule has 0 fully saturated rings. The van der Waals surface area contributed by atoms with E-state index in [1.807, 2.05) is 6.92 Å². The normalized spacial score (nSPS) is 16.3. The number of unbranched alkanes of at least 4 members (excludes halogenated alkanes) is 1. The summed E-state index contributed by atoms with van der Waals surface area (Å²) in [5, 5.41) is 4.39. The Bertz CT molecular complexity index is 835. The number of fused-ring (bicyclic) bond motifs is 1. The van der Waals surface area contributed by atoms with Crippen molar-refractivity contribution in [3.8, 4) is 5.88 Å². The monoisotopic (exact) mass is 368 g/mol. The van der Waals surface area contributed by atoms with Crippen molar-refractivity contribution in [1.82, 2.24) is 9.78 Å². The first-order valence-corrected chi connectivity index (χ1v) is 10.4. The molecular weight excluding hydrogens is 336 g/mol. The van der Waals surface area contributed by atoms with Gasteiger partial charge in [-0.15, -0.1) is 0 Å². The van der Waals surface area contributed by atoms with E-state index in [0.717, 1.165) is 30.4 Å². The second kappa shape index (κ2) is 8.28. The van der Waals surface area contributed by atoms with Gasteiger partial charge in [-0.25, -0.2) is 4.68 Å². The van der Waals surface area contributed by atoms with Gasteiger partial charge in [0.15, 0.2) is 5.78 Å². The SMILES string of the molecule is CCCCOc1c(C(=O)c2cc(C)c3c(c2C)C(C)CCC3)cnn1CC. The van der Waals surface area contributed by atoms with Crippen LogP contribution in [0.3, 0.4) is 0 Å². The summed E-state index contributed by atoms with van der Waals surface area (Å²) in [6, 6.07) is 2.08. The van der Waals surface area contributed by atoms with Crippen molar-refractivity contribution in [1.29, 1.82) is 0 Å². The van der Waals surface area contributed by atoms with Gasteiger partial charge >= 0.3 is 0 Å². The number of aryl methyl sites for hydroxylation is 2. The maximum absolute atomic E-state index is 13.5. The molecule has 0 spiro atoms. The van der Waals surface area contributed by atoms with Gasteiger partial charge in [0.05, 0.1) is 12.8 Å². The van der Waals surface area contributed by atoms with E-state index in [0.29, 0.717) is 30.5 Å². The van der Waals surface area contributed by atoms with E-state index in [1.165, 1.54) is 29.5 Å². The van der Waals surface area contributed by atoms with E-state index < -0.39 is 0 Å². The van der Waals surface area contributed by atoms with Gasteiger partial charge in [0, 0.05) is 12.1 Å². The van der Waals surface area contributed by atoms with Crippen LogP contribution >= 0.6 is 0 Å². The maximum atomic E-state index is 13.5. The lowest BCUT2D eigenvalue weighted by Gasteiger charge is -2.27. The lowest BCUT2D eigenvalue weighted by atomic mass is 9.77. The standard InChI is InChI=1S/C23H32N2O2/c1-6-8-12-27-23-20(14-24-25(23)7-2)22(26)19-13-16(4)18-11-9-10-15(3)21(18)17(19)5/h13-15H,6-12H2,1-5H3. The minimum absolute atomic E-state index is 0.0300. The summed E-state index contributed by atoms with van der Waals surface area (Å²) in [4.78, 5) is 13.5. The summed E-state index contributed by atoms with van der Waals surface area (Å²) in [6.45, 7) is 12.0. The summed E-state index contributed by atoms with van der Waals surface area (Å²) < 4.78 is 7.75. The van der Waals surface area contributed by atoms with Crippen LogP contribution in [0.1, 0.15) is 90.5 Å². The van der Waals surface area contributed by atoms with Crippen molar-refractivity contribution in [3.63, 3.8) is 0 Å². The van der Waals surface area contributed by atoms with Crippen LogP contribution in [0.25, 0.3) is 0 Å². The Labute approximate surface area is 162 Å². The van der Waals surface area contributed by atoms with Crippen LogP contribution in [-0.4, -0.2) is 22.2 Å². The molecule has 1 atom stereocenters. The Morgan fingerprint density at radius 2 is 2.07 bits per heavy atom. The van der Waals surface area contributed by atoms with Gasteiger partial charge in [-0.3, -0.25) is 4.79 Å². The van der Waals surface area contributed by atoms with Crippen LogP contribution in [0, 0.1) is 13.8 Å². The molecule has 1 aliphatic rings. The fraction of sp³-hybridized carbons (Fsp3) is 0.565. The zero-order chi connectivity index (χ0) is 19.6. The Morgan fingerprint density at radius 3 is 2.78 bits per heavy atom. The molecule has 1 aromatic heterocycles. The fourth-order valence-electron chi connectivity index (χ4n) is 4.33. The molecule has 1 aromatic carbocycles. The van der Waals surface area contributed by atoms with Gasteiger partial charge in [-0.1, -0.05) is 20.3 Å². The van der Waals surface area contributed by atoms with Crippen LogP contribution in [0.4, 0.5) is 0 Å². The minimum Gasteiger partial charge on any atom is -0.477 e. The molecule has 0 bridgehead atoms. The van der Waals surface area contributed by atoms with Crippen LogP contribution in [-0.2, 0) is 13.0 Å². The number of nitrogens with zero attached hydrogens (tertiary/aromatic N) is 2. The molecule has 4 heteroatoms. The molecule has 1 aliphatic carbocycles. The maximum Gasteiger partial charge on any atom is 0.223 e. The molecular formula is C23H32N2O2. The molecule has 4 nitrogen and oxygen atoms in total. The largest absolute Gasteiger partial charge is 0.477 e. The molecule has 3 rings (SSSR count). The molecule has 27 heavy (non-hydrogen) atoms. The van der Waals surface area contributed by atoms with E-state index in [-0.39, 0.29) is 5.78 Å². The predicted molar refractivity (Wildman–Crippen MR) is 109 cm³/mol. The van der Waals surface area contributed by atoms with Crippen molar-refractivity contribution in [2.75, 3.05) is 6.61 Å². The summed E-state index contributed by atoms with van der Waals surface area (Å²) in [6.07, 6.45) is 7.26. The Morgan fingerprint density at radius 1 is 1.30 bits per heavy atom. The van der Waals surface area contributed by atoms with Crippen LogP contribution < -0.4 is 4.74 Å². The lowest BCUT2D eigenvalue weighted by molar-refractivity contribution is 0.103. The zero-order valence-corrected chi connectivity index (χ0v) is 17.4. The zero-order valence-electron chi connectivity index (χ0n) is 17.4. The number of carbonyl (C=O) groups excluding carboxylic acids is 1. The Hall–Kier alpha value is -2.10. The molecule has 0 N–H and O–H groups in total. The molecule has 1 unspecified atom stereocenters. The molecule has 0 radical (unpaired) electrons. The highest BCUT2D eigenvalue weighted by atomic mass is 16.5. The van der Waals surface area contributed by atoms with E-state index >= 15 is 0 Å². The average Bonchev–Trinajstić information content (AvgIpc) is 3.07. The number of aromatic nitrogens is 2. The van der Waals surface area contributed by atoms with Crippen molar-refractivity contribution < 1.29 is 9.53 Å². The topological polar surface area (TPSA) is 44.1 Å². The second-order valence-corrected chi connectivity index (χ2v) is 7.76. The number of carbonyl (C=O) groups is 1. The third-order valence-corrected chi connectivity index (χ3v) is 5.84.